The van der Waals surface area contributed by atoms with E-state index in [0.29, 0.717) is 16.5 Å². The Kier molecular flexibility index (Phi) is 4.96. The van der Waals surface area contributed by atoms with Crippen LogP contribution in [-0.2, 0) is 0 Å². The van der Waals surface area contributed by atoms with Gasteiger partial charge >= 0.3 is 11.4 Å². The van der Waals surface area contributed by atoms with Crippen molar-refractivity contribution in [1.29, 1.82) is 0 Å². The lowest BCUT2D eigenvalue weighted by atomic mass is 10.2. The molecule has 1 N–H and O–H groups in total. The number of unbranched alkanes of at least 4 members (excludes halogenated alkanes) is 2. The fourth-order valence-electron chi connectivity index (χ4n) is 2.49. The fraction of sp³-hybridized carbons (Fsp3) is 0.375. The second-order valence-electron chi connectivity index (χ2n) is 5.40. The van der Waals surface area contributed by atoms with Gasteiger partial charge in [-0.2, -0.15) is 0 Å². The monoisotopic (exact) mass is 393 g/mol. The van der Waals surface area contributed by atoms with Gasteiger partial charge in [-0.05, 0) is 29.6 Å². The molecule has 3 rings (SSSR count). The Morgan fingerprint density at radius 2 is 2.17 bits per heavy atom. The Morgan fingerprint density at radius 3 is 2.96 bits per heavy atom. The summed E-state index contributed by atoms with van der Waals surface area (Å²) in [6, 6.07) is 5.73. The van der Waals surface area contributed by atoms with Gasteiger partial charge in [0.1, 0.15) is 0 Å². The number of benzene rings is 1. The number of aromatic nitrogens is 4. The Morgan fingerprint density at radius 1 is 1.35 bits per heavy atom. The number of thioether (sulfide) groups is 1. The predicted octanol–water partition coefficient (Wildman–Crippen LogP) is 3.41. The SMILES string of the molecule is CCCCCSc1n[n+]2c(C)nc3ccc(Br)cc3c2c(=O)[nH]1. The highest BCUT2D eigenvalue weighted by Gasteiger charge is 2.19. The first-order chi connectivity index (χ1) is 11.1. The van der Waals surface area contributed by atoms with Crippen LogP contribution in [0.1, 0.15) is 32.0 Å². The van der Waals surface area contributed by atoms with Crippen molar-refractivity contribution in [1.82, 2.24) is 15.1 Å². The molecule has 3 aromatic rings. The Bertz CT molecular complexity index is 925. The van der Waals surface area contributed by atoms with E-state index in [2.05, 4.69) is 37.9 Å². The van der Waals surface area contributed by atoms with Crippen molar-refractivity contribution in [3.8, 4) is 0 Å². The van der Waals surface area contributed by atoms with E-state index in [9.17, 15) is 4.79 Å². The van der Waals surface area contributed by atoms with Crippen LogP contribution >= 0.6 is 27.7 Å². The third-order valence-corrected chi connectivity index (χ3v) is 5.07. The van der Waals surface area contributed by atoms with Crippen molar-refractivity contribution < 1.29 is 4.52 Å². The molecular formula is C16H18BrN4OS+. The summed E-state index contributed by atoms with van der Waals surface area (Å²) >= 11 is 5.03. The number of nitrogens with zero attached hydrogens (tertiary/aromatic N) is 3. The van der Waals surface area contributed by atoms with Crippen molar-refractivity contribution in [2.75, 3.05) is 5.75 Å². The third-order valence-electron chi connectivity index (χ3n) is 3.63. The van der Waals surface area contributed by atoms with E-state index in [4.69, 9.17) is 0 Å². The standard InChI is InChI=1S/C16H17BrN4OS/c1-3-4-5-8-23-16-19-15(22)14-12-9-11(17)6-7-13(12)18-10(2)21(14)20-16/h6-7,9H,3-5,8H2,1-2H3/p+1. The Labute approximate surface area is 146 Å². The van der Waals surface area contributed by atoms with Crippen LogP contribution in [-0.4, -0.2) is 20.8 Å². The smallest absolute Gasteiger partial charge is 0.295 e. The number of aryl methyl sites for hydroxylation is 1. The molecule has 2 aromatic heterocycles. The molecule has 5 nitrogen and oxygen atoms in total. The minimum absolute atomic E-state index is 0.133. The van der Waals surface area contributed by atoms with Crippen LogP contribution in [0.4, 0.5) is 0 Å². The van der Waals surface area contributed by atoms with E-state index in [1.54, 1.807) is 16.3 Å². The number of hydrogen-bond acceptors (Lipinski definition) is 4. The lowest BCUT2D eigenvalue weighted by Gasteiger charge is -2.02. The number of fused-ring (bicyclic) bond motifs is 3. The topological polar surface area (TPSA) is 62.7 Å². The summed E-state index contributed by atoms with van der Waals surface area (Å²) in [6.07, 6.45) is 3.49. The molecule has 0 fully saturated rings. The molecule has 0 saturated heterocycles. The zero-order valence-corrected chi connectivity index (χ0v) is 15.5. The molecule has 23 heavy (non-hydrogen) atoms. The molecular weight excluding hydrogens is 376 g/mol. The van der Waals surface area contributed by atoms with Crippen molar-refractivity contribution in [3.05, 3.63) is 38.9 Å². The summed E-state index contributed by atoms with van der Waals surface area (Å²) in [5, 5.41) is 5.99. The lowest BCUT2D eigenvalue weighted by molar-refractivity contribution is -0.596. The van der Waals surface area contributed by atoms with Gasteiger partial charge in [-0.3, -0.25) is 9.78 Å². The molecule has 120 valence electrons. The molecule has 1 aromatic carbocycles. The molecule has 0 saturated carbocycles. The highest BCUT2D eigenvalue weighted by molar-refractivity contribution is 9.10. The molecule has 0 amide bonds. The van der Waals surface area contributed by atoms with E-state index >= 15 is 0 Å². The van der Waals surface area contributed by atoms with E-state index in [1.807, 2.05) is 25.1 Å². The van der Waals surface area contributed by atoms with Gasteiger partial charge in [0.2, 0.25) is 10.7 Å². The molecule has 7 heteroatoms. The Balaban J connectivity index is 2.12. The minimum atomic E-state index is -0.133. The zero-order chi connectivity index (χ0) is 16.4. The van der Waals surface area contributed by atoms with Gasteiger partial charge in [-0.15, -0.1) is 0 Å². The van der Waals surface area contributed by atoms with Gasteiger partial charge < -0.3 is 0 Å². The van der Waals surface area contributed by atoms with Gasteiger partial charge in [0, 0.05) is 17.1 Å². The lowest BCUT2D eigenvalue weighted by Crippen LogP contribution is -2.38. The van der Waals surface area contributed by atoms with E-state index in [0.717, 1.165) is 27.5 Å². The zero-order valence-electron chi connectivity index (χ0n) is 13.1. The maximum absolute atomic E-state index is 12.6. The fourth-order valence-corrected chi connectivity index (χ4v) is 3.70. The average molecular weight is 394 g/mol. The van der Waals surface area contributed by atoms with Crippen molar-refractivity contribution in [2.45, 2.75) is 38.3 Å². The van der Waals surface area contributed by atoms with Gasteiger partial charge in [0.15, 0.2) is 5.52 Å². The first-order valence-electron chi connectivity index (χ1n) is 7.65. The molecule has 0 bridgehead atoms. The second-order valence-corrected chi connectivity index (χ2v) is 7.40. The van der Waals surface area contributed by atoms with Crippen LogP contribution in [0.5, 0.6) is 0 Å². The molecule has 0 unspecified atom stereocenters. The van der Waals surface area contributed by atoms with Crippen LogP contribution in [0, 0.1) is 6.92 Å². The number of H-pyrrole nitrogens is 1. The second kappa shape index (κ2) is 6.97. The third kappa shape index (κ3) is 3.40. The summed E-state index contributed by atoms with van der Waals surface area (Å²) < 4.78 is 2.56. The molecule has 2 heterocycles. The number of nitrogens with one attached hydrogen (secondary N) is 1. The van der Waals surface area contributed by atoms with Crippen LogP contribution in [0.25, 0.3) is 16.4 Å². The normalized spacial score (nSPS) is 11.4. The summed E-state index contributed by atoms with van der Waals surface area (Å²) in [5.41, 5.74) is 1.19. The van der Waals surface area contributed by atoms with Crippen LogP contribution in [0.15, 0.2) is 32.6 Å². The maximum Gasteiger partial charge on any atom is 0.321 e. The molecule has 0 atom stereocenters. The van der Waals surface area contributed by atoms with Gasteiger partial charge in [0.25, 0.3) is 0 Å². The number of halogens is 1. The van der Waals surface area contributed by atoms with Crippen LogP contribution in [0.3, 0.4) is 0 Å². The van der Waals surface area contributed by atoms with Crippen LogP contribution < -0.4 is 10.1 Å². The average Bonchev–Trinajstić information content (AvgIpc) is 2.52. The molecule has 0 aliphatic carbocycles. The van der Waals surface area contributed by atoms with Crippen molar-refractivity contribution in [3.63, 3.8) is 0 Å². The maximum atomic E-state index is 12.6. The highest BCUT2D eigenvalue weighted by Crippen LogP contribution is 2.20. The Hall–Kier alpha value is -1.47. The van der Waals surface area contributed by atoms with Crippen molar-refractivity contribution in [2.24, 2.45) is 0 Å². The number of aromatic amines is 1. The summed E-state index contributed by atoms with van der Waals surface area (Å²) in [7, 11) is 0. The summed E-state index contributed by atoms with van der Waals surface area (Å²) in [5.74, 6) is 1.66. The van der Waals surface area contributed by atoms with E-state index in [1.165, 1.54) is 12.8 Å². The summed E-state index contributed by atoms with van der Waals surface area (Å²) in [6.45, 7) is 4.04. The van der Waals surface area contributed by atoms with E-state index in [-0.39, 0.29) is 5.56 Å². The first kappa shape index (κ1) is 16.4. The molecule has 0 spiro atoms. The van der Waals surface area contributed by atoms with Crippen molar-refractivity contribution >= 4 is 44.1 Å². The number of rotatable bonds is 5. The largest absolute Gasteiger partial charge is 0.321 e. The predicted molar refractivity (Wildman–Crippen MR) is 96.0 cm³/mol. The molecule has 0 aliphatic heterocycles. The highest BCUT2D eigenvalue weighted by atomic mass is 79.9. The van der Waals surface area contributed by atoms with Gasteiger partial charge in [-0.25, -0.2) is 0 Å². The molecule has 0 radical (unpaired) electrons. The van der Waals surface area contributed by atoms with Gasteiger partial charge in [-0.1, -0.05) is 57.1 Å². The number of hydrogen-bond donors (Lipinski definition) is 1. The summed E-state index contributed by atoms with van der Waals surface area (Å²) in [4.78, 5) is 20.0. The van der Waals surface area contributed by atoms with Gasteiger partial charge in [0.05, 0.1) is 5.39 Å². The van der Waals surface area contributed by atoms with E-state index < -0.39 is 0 Å². The van der Waals surface area contributed by atoms with Crippen LogP contribution in [0.2, 0.25) is 0 Å². The first-order valence-corrected chi connectivity index (χ1v) is 9.43. The quantitative estimate of drug-likeness (QED) is 0.312. The minimum Gasteiger partial charge on any atom is -0.295 e. The molecule has 0 aliphatic rings.